The quantitative estimate of drug-likeness (QED) is 0.419. The molecule has 5 nitrogen and oxygen atoms in total. The number of hydrogen-bond donors (Lipinski definition) is 3. The van der Waals surface area contributed by atoms with E-state index in [2.05, 4.69) is 5.32 Å². The van der Waals surface area contributed by atoms with Gasteiger partial charge in [0.15, 0.2) is 0 Å². The average Bonchev–Trinajstić information content (AvgIpc) is 3.05. The molecule has 1 rings (SSSR count). The van der Waals surface area contributed by atoms with E-state index >= 15 is 0 Å². The summed E-state index contributed by atoms with van der Waals surface area (Å²) in [5.74, 6) is -0.695. The lowest BCUT2D eigenvalue weighted by atomic mass is 10.1. The van der Waals surface area contributed by atoms with Crippen LogP contribution in [-0.4, -0.2) is 29.5 Å². The lowest BCUT2D eigenvalue weighted by Gasteiger charge is -2.12. The van der Waals surface area contributed by atoms with Gasteiger partial charge in [-0.15, -0.1) is 0 Å². The number of Topliss-reactive ketones (excluding diaryl/α,β-unsaturated/α-hetero) is 1. The highest BCUT2D eigenvalue weighted by Crippen LogP contribution is 2.33. The van der Waals surface area contributed by atoms with Crippen molar-refractivity contribution in [2.24, 2.45) is 5.92 Å². The number of rotatable bonds is 7. The molecular weight excluding hydrogens is 196 g/mol. The van der Waals surface area contributed by atoms with Crippen LogP contribution in [0.5, 0.6) is 0 Å². The molecule has 0 bridgehead atoms. The third kappa shape index (κ3) is 3.97. The summed E-state index contributed by atoms with van der Waals surface area (Å²) in [5.41, 5.74) is 1.92. The van der Waals surface area contributed by atoms with Crippen molar-refractivity contribution < 1.29 is 14.8 Å². The maximum absolute atomic E-state index is 11.5. The van der Waals surface area contributed by atoms with Gasteiger partial charge in [-0.25, -0.2) is 0 Å². The highest BCUT2D eigenvalue weighted by molar-refractivity contribution is 6.38. The average molecular weight is 214 g/mol. The molecule has 1 saturated carbocycles. The van der Waals surface area contributed by atoms with Gasteiger partial charge in [0.05, 0.1) is 0 Å². The predicted molar refractivity (Wildman–Crippen MR) is 54.4 cm³/mol. The summed E-state index contributed by atoms with van der Waals surface area (Å²) in [5, 5.41) is 11.3. The van der Waals surface area contributed by atoms with Crippen molar-refractivity contribution in [3.8, 4) is 0 Å². The lowest BCUT2D eigenvalue weighted by molar-refractivity contribution is -0.140. The first-order chi connectivity index (χ1) is 7.19. The molecule has 0 aromatic heterocycles. The Kier molecular flexibility index (Phi) is 4.71. The zero-order chi connectivity index (χ0) is 11.3. The van der Waals surface area contributed by atoms with Crippen LogP contribution in [0.25, 0.3) is 0 Å². The van der Waals surface area contributed by atoms with Gasteiger partial charge in [0.2, 0.25) is 5.78 Å². The Labute approximate surface area is 89.2 Å². The molecule has 5 heteroatoms. The molecule has 15 heavy (non-hydrogen) atoms. The van der Waals surface area contributed by atoms with Crippen LogP contribution in [0, 0.1) is 5.92 Å². The summed E-state index contributed by atoms with van der Waals surface area (Å²) in [4.78, 5) is 22.8. The second-order valence-corrected chi connectivity index (χ2v) is 3.98. The van der Waals surface area contributed by atoms with E-state index in [1.165, 1.54) is 0 Å². The molecule has 1 amide bonds. The third-order valence-corrected chi connectivity index (χ3v) is 2.50. The van der Waals surface area contributed by atoms with E-state index in [0.717, 1.165) is 19.3 Å². The summed E-state index contributed by atoms with van der Waals surface area (Å²) in [6.45, 7) is 2.41. The second-order valence-electron chi connectivity index (χ2n) is 3.98. The molecule has 86 valence electrons. The molecule has 1 aliphatic carbocycles. The summed E-state index contributed by atoms with van der Waals surface area (Å²) in [6, 6.07) is -0.741. The van der Waals surface area contributed by atoms with Crippen LogP contribution in [0.4, 0.5) is 0 Å². The van der Waals surface area contributed by atoms with Crippen molar-refractivity contribution >= 4 is 11.7 Å². The van der Waals surface area contributed by atoms with Crippen molar-refractivity contribution in [2.75, 3.05) is 6.54 Å². The maximum Gasteiger partial charge on any atom is 0.289 e. The van der Waals surface area contributed by atoms with Crippen LogP contribution < -0.4 is 10.8 Å². The smallest absolute Gasteiger partial charge is 0.289 e. The molecule has 1 atom stereocenters. The fourth-order valence-electron chi connectivity index (χ4n) is 1.39. The number of amides is 1. The fourth-order valence-corrected chi connectivity index (χ4v) is 1.39. The van der Waals surface area contributed by atoms with Gasteiger partial charge in [0.25, 0.3) is 5.91 Å². The van der Waals surface area contributed by atoms with Crippen molar-refractivity contribution in [2.45, 2.75) is 38.6 Å². The Balaban J connectivity index is 2.36. The van der Waals surface area contributed by atoms with E-state index in [1.54, 1.807) is 0 Å². The van der Waals surface area contributed by atoms with Gasteiger partial charge in [-0.05, 0) is 18.8 Å². The van der Waals surface area contributed by atoms with Gasteiger partial charge >= 0.3 is 0 Å². The first kappa shape index (κ1) is 12.1. The van der Waals surface area contributed by atoms with Crippen molar-refractivity contribution in [1.29, 1.82) is 0 Å². The van der Waals surface area contributed by atoms with Crippen molar-refractivity contribution in [1.82, 2.24) is 10.8 Å². The van der Waals surface area contributed by atoms with Crippen molar-refractivity contribution in [3.63, 3.8) is 0 Å². The van der Waals surface area contributed by atoms with E-state index in [0.29, 0.717) is 18.9 Å². The Morgan fingerprint density at radius 2 is 2.13 bits per heavy atom. The molecule has 0 aliphatic heterocycles. The zero-order valence-electron chi connectivity index (χ0n) is 8.95. The molecular formula is C10H18N2O3. The van der Waals surface area contributed by atoms with E-state index < -0.39 is 17.7 Å². The molecule has 0 aromatic carbocycles. The predicted octanol–water partition coefficient (Wildman–Crippen LogP) is 0.229. The number of ketones is 1. The number of hydroxylamine groups is 1. The number of carbonyl (C=O) groups is 2. The van der Waals surface area contributed by atoms with Crippen molar-refractivity contribution in [3.05, 3.63) is 0 Å². The summed E-state index contributed by atoms with van der Waals surface area (Å²) in [6.07, 6.45) is 3.51. The first-order valence-corrected chi connectivity index (χ1v) is 5.40. The van der Waals surface area contributed by atoms with Gasteiger partial charge in [-0.3, -0.25) is 9.59 Å². The van der Waals surface area contributed by atoms with Crippen LogP contribution >= 0.6 is 0 Å². The van der Waals surface area contributed by atoms with E-state index in [9.17, 15) is 9.59 Å². The first-order valence-electron chi connectivity index (χ1n) is 5.40. The molecule has 1 unspecified atom stereocenters. The van der Waals surface area contributed by atoms with Crippen LogP contribution in [0.15, 0.2) is 0 Å². The summed E-state index contributed by atoms with van der Waals surface area (Å²) >= 11 is 0. The molecule has 0 aromatic rings. The molecule has 0 saturated heterocycles. The third-order valence-electron chi connectivity index (χ3n) is 2.50. The highest BCUT2D eigenvalue weighted by Gasteiger charge is 2.31. The minimum Gasteiger partial charge on any atom is -0.349 e. The molecule has 1 fully saturated rings. The maximum atomic E-state index is 11.5. The Bertz CT molecular complexity index is 239. The number of carbonyl (C=O) groups excluding carboxylic acids is 2. The highest BCUT2D eigenvalue weighted by atomic mass is 16.5. The Morgan fingerprint density at radius 1 is 1.47 bits per heavy atom. The van der Waals surface area contributed by atoms with Crippen LogP contribution in [0.1, 0.15) is 32.6 Å². The van der Waals surface area contributed by atoms with E-state index in [4.69, 9.17) is 5.21 Å². The van der Waals surface area contributed by atoms with Gasteiger partial charge in [-0.1, -0.05) is 19.8 Å². The van der Waals surface area contributed by atoms with Gasteiger partial charge < -0.3 is 10.5 Å². The van der Waals surface area contributed by atoms with Gasteiger partial charge in [-0.2, -0.15) is 5.48 Å². The molecule has 0 spiro atoms. The Morgan fingerprint density at radius 3 is 2.60 bits per heavy atom. The van der Waals surface area contributed by atoms with Crippen LogP contribution in [-0.2, 0) is 9.59 Å². The topological polar surface area (TPSA) is 78.4 Å². The lowest BCUT2D eigenvalue weighted by Crippen LogP contribution is -2.44. The minimum atomic E-state index is -0.741. The second kappa shape index (κ2) is 5.82. The minimum absolute atomic E-state index is 0.484. The standard InChI is InChI=1S/C10H18N2O3/c1-2-5-11-10(14)9(13)8(12-15)6-7-3-4-7/h7-8,12,15H,2-6H2,1H3,(H,11,14). The largest absolute Gasteiger partial charge is 0.349 e. The van der Waals surface area contributed by atoms with E-state index in [1.807, 2.05) is 12.4 Å². The van der Waals surface area contributed by atoms with Crippen LogP contribution in [0.3, 0.4) is 0 Å². The normalized spacial score (nSPS) is 17.2. The van der Waals surface area contributed by atoms with Gasteiger partial charge in [0.1, 0.15) is 6.04 Å². The summed E-state index contributed by atoms with van der Waals surface area (Å²) < 4.78 is 0. The fraction of sp³-hybridized carbons (Fsp3) is 0.800. The molecule has 0 radical (unpaired) electrons. The molecule has 0 heterocycles. The van der Waals surface area contributed by atoms with E-state index in [-0.39, 0.29) is 0 Å². The molecule has 1 aliphatic rings. The van der Waals surface area contributed by atoms with Gasteiger partial charge in [0, 0.05) is 6.54 Å². The monoisotopic (exact) mass is 214 g/mol. The number of nitrogens with one attached hydrogen (secondary N) is 2. The van der Waals surface area contributed by atoms with Crippen LogP contribution in [0.2, 0.25) is 0 Å². The number of hydrogen-bond acceptors (Lipinski definition) is 4. The SMILES string of the molecule is CCCNC(=O)C(=O)C(CC1CC1)NO. The zero-order valence-corrected chi connectivity index (χ0v) is 8.95. The summed E-state index contributed by atoms with van der Waals surface area (Å²) in [7, 11) is 0. The molecule has 3 N–H and O–H groups in total. The Hall–Kier alpha value is -0.940.